The molecule has 0 fully saturated rings. The molecule has 3 N–H and O–H groups in total. The lowest BCUT2D eigenvalue weighted by molar-refractivity contribution is -0.137. The predicted octanol–water partition coefficient (Wildman–Crippen LogP) is -0.161. The smallest absolute Gasteiger partial charge is 0.305 e. The van der Waals surface area contributed by atoms with Crippen LogP contribution >= 0.6 is 0 Å². The van der Waals surface area contributed by atoms with E-state index in [-0.39, 0.29) is 6.42 Å². The van der Waals surface area contributed by atoms with Gasteiger partial charge < -0.3 is 25.1 Å². The molecule has 0 aliphatic carbocycles. The zero-order chi connectivity index (χ0) is 14.1. The first-order valence-corrected chi connectivity index (χ1v) is 5.63. The van der Waals surface area contributed by atoms with Gasteiger partial charge >= 0.3 is 5.97 Å². The van der Waals surface area contributed by atoms with E-state index < -0.39 is 5.97 Å². The first kappa shape index (κ1) is 16.1. The van der Waals surface area contributed by atoms with Crippen molar-refractivity contribution in [1.29, 1.82) is 5.41 Å². The number of guanidine groups is 1. The van der Waals surface area contributed by atoms with Gasteiger partial charge in [-0.25, -0.2) is 0 Å². The summed E-state index contributed by atoms with van der Waals surface area (Å²) in [7, 11) is 7.40. The van der Waals surface area contributed by atoms with Crippen molar-refractivity contribution >= 4 is 11.9 Å². The normalized spacial score (nSPS) is 12.3. The lowest BCUT2D eigenvalue weighted by atomic mass is 10.4. The number of hydrogen-bond acceptors (Lipinski definition) is 4. The van der Waals surface area contributed by atoms with Gasteiger partial charge in [-0.15, -0.1) is 0 Å². The minimum atomic E-state index is -0.750. The molecular weight excluding hydrogens is 234 g/mol. The van der Waals surface area contributed by atoms with Crippen LogP contribution in [0.3, 0.4) is 0 Å². The molecule has 7 nitrogen and oxygen atoms in total. The molecule has 18 heavy (non-hydrogen) atoms. The summed E-state index contributed by atoms with van der Waals surface area (Å²) in [6, 6.07) is 0. The zero-order valence-corrected chi connectivity index (χ0v) is 11.5. The van der Waals surface area contributed by atoms with Gasteiger partial charge in [0.05, 0.1) is 13.1 Å². The largest absolute Gasteiger partial charge is 0.481 e. The van der Waals surface area contributed by atoms with E-state index in [2.05, 4.69) is 5.32 Å². The second-order valence-electron chi connectivity index (χ2n) is 4.25. The van der Waals surface area contributed by atoms with Crippen LogP contribution in [0.2, 0.25) is 0 Å². The SMILES string of the molecule is CN(C)C(=N)N(C)C.O=C(O)CCN1C=CNC1. The number of nitrogens with one attached hydrogen (secondary N) is 2. The van der Waals surface area contributed by atoms with E-state index >= 15 is 0 Å². The Kier molecular flexibility index (Phi) is 7.34. The number of nitrogens with zero attached hydrogens (tertiary/aromatic N) is 3. The molecule has 0 bridgehead atoms. The van der Waals surface area contributed by atoms with Crippen molar-refractivity contribution < 1.29 is 9.90 Å². The summed E-state index contributed by atoms with van der Waals surface area (Å²) in [5, 5.41) is 18.5. The number of aliphatic carboxylic acids is 1. The summed E-state index contributed by atoms with van der Waals surface area (Å²) in [4.78, 5) is 15.5. The van der Waals surface area contributed by atoms with Crippen LogP contribution in [0, 0.1) is 5.41 Å². The zero-order valence-electron chi connectivity index (χ0n) is 11.5. The molecule has 104 valence electrons. The van der Waals surface area contributed by atoms with Crippen LogP contribution in [-0.2, 0) is 4.79 Å². The highest BCUT2D eigenvalue weighted by atomic mass is 16.4. The van der Waals surface area contributed by atoms with E-state index in [1.807, 2.05) is 45.5 Å². The maximum Gasteiger partial charge on any atom is 0.305 e. The van der Waals surface area contributed by atoms with Crippen molar-refractivity contribution in [2.45, 2.75) is 6.42 Å². The highest BCUT2D eigenvalue weighted by molar-refractivity contribution is 5.75. The number of carboxylic acid groups (broad SMARTS) is 1. The fourth-order valence-electron chi connectivity index (χ4n) is 1.17. The van der Waals surface area contributed by atoms with Gasteiger partial charge in [-0.1, -0.05) is 0 Å². The van der Waals surface area contributed by atoms with Gasteiger partial charge in [0.1, 0.15) is 0 Å². The minimum Gasteiger partial charge on any atom is -0.481 e. The number of carboxylic acids is 1. The molecule has 0 amide bonds. The van der Waals surface area contributed by atoms with E-state index in [9.17, 15) is 4.79 Å². The summed E-state index contributed by atoms with van der Waals surface area (Å²) >= 11 is 0. The van der Waals surface area contributed by atoms with Gasteiger partial charge in [-0.3, -0.25) is 10.2 Å². The molecule has 0 aromatic rings. The Balaban J connectivity index is 0.000000331. The monoisotopic (exact) mass is 257 g/mol. The Hall–Kier alpha value is -1.92. The van der Waals surface area contributed by atoms with Crippen molar-refractivity contribution in [3.63, 3.8) is 0 Å². The molecule has 1 aliphatic heterocycles. The molecule has 0 aromatic heterocycles. The molecule has 1 heterocycles. The summed E-state index contributed by atoms with van der Waals surface area (Å²) in [6.45, 7) is 1.31. The molecule has 0 spiro atoms. The number of carbonyl (C=O) groups is 1. The van der Waals surface area contributed by atoms with Gasteiger partial charge in [-0.05, 0) is 0 Å². The van der Waals surface area contributed by atoms with Crippen LogP contribution in [0.15, 0.2) is 12.4 Å². The van der Waals surface area contributed by atoms with Crippen molar-refractivity contribution in [3.8, 4) is 0 Å². The van der Waals surface area contributed by atoms with E-state index in [1.54, 1.807) is 9.80 Å². The van der Waals surface area contributed by atoms with Gasteiger partial charge in [0.15, 0.2) is 5.96 Å². The minimum absolute atomic E-state index is 0.200. The second-order valence-corrected chi connectivity index (χ2v) is 4.25. The molecule has 0 saturated heterocycles. The van der Waals surface area contributed by atoms with E-state index in [4.69, 9.17) is 10.5 Å². The molecule has 0 radical (unpaired) electrons. The summed E-state index contributed by atoms with van der Waals surface area (Å²) < 4.78 is 0. The topological polar surface area (TPSA) is 82.9 Å². The fourth-order valence-corrected chi connectivity index (χ4v) is 1.17. The Bertz CT molecular complexity index is 292. The Morgan fingerprint density at radius 2 is 1.94 bits per heavy atom. The maximum atomic E-state index is 10.1. The molecule has 7 heteroatoms. The fraction of sp³-hybridized carbons (Fsp3) is 0.636. The first-order chi connectivity index (χ1) is 8.34. The summed E-state index contributed by atoms with van der Waals surface area (Å²) in [6.07, 6.45) is 3.86. The average Bonchev–Trinajstić information content (AvgIpc) is 2.78. The quantitative estimate of drug-likeness (QED) is 0.481. The lowest BCUT2D eigenvalue weighted by Gasteiger charge is -2.19. The molecule has 0 saturated carbocycles. The molecule has 0 aromatic carbocycles. The highest BCUT2D eigenvalue weighted by Crippen LogP contribution is 1.95. The molecule has 1 rings (SSSR count). The van der Waals surface area contributed by atoms with Gasteiger partial charge in [-0.2, -0.15) is 0 Å². The molecule has 1 aliphatic rings. The van der Waals surface area contributed by atoms with Crippen molar-refractivity contribution in [2.75, 3.05) is 41.4 Å². The van der Waals surface area contributed by atoms with Crippen molar-refractivity contribution in [1.82, 2.24) is 20.0 Å². The number of hydrogen-bond donors (Lipinski definition) is 3. The first-order valence-electron chi connectivity index (χ1n) is 5.63. The Labute approximate surface area is 108 Å². The molecular formula is C11H23N5O2. The Morgan fingerprint density at radius 3 is 2.22 bits per heavy atom. The van der Waals surface area contributed by atoms with Crippen LogP contribution in [0.1, 0.15) is 6.42 Å². The summed E-state index contributed by atoms with van der Waals surface area (Å²) in [5.41, 5.74) is 0. The molecule has 0 atom stereocenters. The third-order valence-corrected chi connectivity index (χ3v) is 2.16. The third kappa shape index (κ3) is 7.37. The van der Waals surface area contributed by atoms with Crippen LogP contribution < -0.4 is 5.32 Å². The average molecular weight is 257 g/mol. The second kappa shape index (κ2) is 8.21. The maximum absolute atomic E-state index is 10.1. The third-order valence-electron chi connectivity index (χ3n) is 2.16. The van der Waals surface area contributed by atoms with Crippen LogP contribution in [-0.4, -0.2) is 73.1 Å². The van der Waals surface area contributed by atoms with E-state index in [0.717, 1.165) is 6.67 Å². The van der Waals surface area contributed by atoms with Gasteiger partial charge in [0, 0.05) is 47.1 Å². The highest BCUT2D eigenvalue weighted by Gasteiger charge is 2.04. The molecule has 0 unspecified atom stereocenters. The standard InChI is InChI=1S/C6H10N2O2.C5H13N3/c9-6(10)1-3-8-4-2-7-5-8;1-7(2)5(6)8(3)4/h2,4,7H,1,3,5H2,(H,9,10);6H,1-4H3. The van der Waals surface area contributed by atoms with Crippen LogP contribution in [0.5, 0.6) is 0 Å². The van der Waals surface area contributed by atoms with E-state index in [1.165, 1.54) is 0 Å². The van der Waals surface area contributed by atoms with Crippen molar-refractivity contribution in [2.24, 2.45) is 0 Å². The van der Waals surface area contributed by atoms with Crippen LogP contribution in [0.4, 0.5) is 0 Å². The van der Waals surface area contributed by atoms with Gasteiger partial charge in [0.25, 0.3) is 0 Å². The van der Waals surface area contributed by atoms with Crippen molar-refractivity contribution in [3.05, 3.63) is 12.4 Å². The lowest BCUT2D eigenvalue weighted by Crippen LogP contribution is -2.34. The Morgan fingerprint density at radius 1 is 1.39 bits per heavy atom. The van der Waals surface area contributed by atoms with Gasteiger partial charge in [0.2, 0.25) is 0 Å². The summed E-state index contributed by atoms with van der Waals surface area (Å²) in [5.74, 6) is -0.231. The number of rotatable bonds is 3. The van der Waals surface area contributed by atoms with Crippen LogP contribution in [0.25, 0.3) is 0 Å². The van der Waals surface area contributed by atoms with E-state index in [0.29, 0.717) is 12.5 Å². The predicted molar refractivity (Wildman–Crippen MR) is 71.2 cm³/mol.